The smallest absolute Gasteiger partial charge is 0.126 e. The number of benzene rings is 2. The lowest BCUT2D eigenvalue weighted by Gasteiger charge is -2.21. The molecule has 0 amide bonds. The average Bonchev–Trinajstić information content (AvgIpc) is 2.39. The zero-order chi connectivity index (χ0) is 14.7. The zero-order valence-electron chi connectivity index (χ0n) is 12.0. The first kappa shape index (κ1) is 14.5. The number of halogens is 1. The molecular weight excluding hydrogens is 253 g/mol. The summed E-state index contributed by atoms with van der Waals surface area (Å²) in [6.45, 7) is 6.08. The number of nitrogens with one attached hydrogen (secondary N) is 1. The van der Waals surface area contributed by atoms with Crippen molar-refractivity contribution in [1.29, 1.82) is 0 Å². The molecule has 2 rings (SSSR count). The molecule has 1 unspecified atom stereocenters. The third-order valence-corrected chi connectivity index (χ3v) is 3.54. The molecule has 2 aromatic carbocycles. The van der Waals surface area contributed by atoms with Crippen LogP contribution in [0.4, 0.5) is 4.39 Å². The summed E-state index contributed by atoms with van der Waals surface area (Å²) < 4.78 is 13.0. The number of aromatic hydroxyl groups is 1. The number of phenolic OH excluding ortho intramolecular Hbond substituents is 1. The fourth-order valence-electron chi connectivity index (χ4n) is 2.30. The summed E-state index contributed by atoms with van der Waals surface area (Å²) in [4.78, 5) is 0. The molecule has 2 N–H and O–H groups in total. The van der Waals surface area contributed by atoms with Crippen molar-refractivity contribution >= 4 is 0 Å². The molecule has 0 bridgehead atoms. The lowest BCUT2D eigenvalue weighted by atomic mass is 10.0. The van der Waals surface area contributed by atoms with Crippen LogP contribution < -0.4 is 5.32 Å². The van der Waals surface area contributed by atoms with E-state index in [1.54, 1.807) is 6.07 Å². The number of phenols is 1. The maximum Gasteiger partial charge on any atom is 0.126 e. The Morgan fingerprint density at radius 1 is 1.00 bits per heavy atom. The third-order valence-electron chi connectivity index (χ3n) is 3.54. The van der Waals surface area contributed by atoms with E-state index in [-0.39, 0.29) is 17.8 Å². The Hall–Kier alpha value is -1.87. The number of hydrogen-bond donors (Lipinski definition) is 2. The number of aryl methyl sites for hydroxylation is 1. The topological polar surface area (TPSA) is 32.3 Å². The van der Waals surface area contributed by atoms with E-state index in [9.17, 15) is 9.50 Å². The van der Waals surface area contributed by atoms with Gasteiger partial charge in [0.2, 0.25) is 0 Å². The number of hydrogen-bond acceptors (Lipinski definition) is 2. The van der Waals surface area contributed by atoms with Crippen molar-refractivity contribution in [3.8, 4) is 5.75 Å². The van der Waals surface area contributed by atoms with Gasteiger partial charge in [-0.2, -0.15) is 0 Å². The Kier molecular flexibility index (Phi) is 4.40. The first-order valence-electron chi connectivity index (χ1n) is 6.78. The average molecular weight is 273 g/mol. The summed E-state index contributed by atoms with van der Waals surface area (Å²) in [5, 5.41) is 13.2. The highest BCUT2D eigenvalue weighted by Gasteiger charge is 2.14. The summed E-state index contributed by atoms with van der Waals surface area (Å²) in [7, 11) is 0. The fraction of sp³-hybridized carbons (Fsp3) is 0.294. The van der Waals surface area contributed by atoms with Gasteiger partial charge in [0.15, 0.2) is 0 Å². The molecule has 0 radical (unpaired) electrons. The van der Waals surface area contributed by atoms with E-state index in [4.69, 9.17) is 0 Å². The molecule has 0 aromatic heterocycles. The SMILES string of the molecule is Cc1ccc([C@@H](C)NC(C)c2ccc(F)cc2O)cc1. The normalized spacial score (nSPS) is 14.0. The highest BCUT2D eigenvalue weighted by molar-refractivity contribution is 5.35. The molecule has 0 heterocycles. The molecule has 0 saturated heterocycles. The van der Waals surface area contributed by atoms with Crippen LogP contribution in [-0.2, 0) is 0 Å². The molecule has 0 spiro atoms. The van der Waals surface area contributed by atoms with Crippen LogP contribution in [0.3, 0.4) is 0 Å². The molecule has 0 aliphatic carbocycles. The van der Waals surface area contributed by atoms with Crippen molar-refractivity contribution in [2.75, 3.05) is 0 Å². The second kappa shape index (κ2) is 6.06. The summed E-state index contributed by atoms with van der Waals surface area (Å²) in [5.74, 6) is -0.439. The van der Waals surface area contributed by atoms with E-state index in [1.165, 1.54) is 17.2 Å². The molecule has 0 aliphatic rings. The largest absolute Gasteiger partial charge is 0.508 e. The lowest BCUT2D eigenvalue weighted by molar-refractivity contribution is 0.434. The second-order valence-corrected chi connectivity index (χ2v) is 5.22. The van der Waals surface area contributed by atoms with Crippen molar-refractivity contribution in [1.82, 2.24) is 5.32 Å². The Bertz CT molecular complexity index is 580. The number of rotatable bonds is 4. The van der Waals surface area contributed by atoms with Gasteiger partial charge in [0.1, 0.15) is 11.6 Å². The van der Waals surface area contributed by atoms with Gasteiger partial charge < -0.3 is 10.4 Å². The van der Waals surface area contributed by atoms with Gasteiger partial charge in [-0.05, 0) is 32.4 Å². The molecule has 2 nitrogen and oxygen atoms in total. The van der Waals surface area contributed by atoms with Crippen LogP contribution in [-0.4, -0.2) is 5.11 Å². The van der Waals surface area contributed by atoms with Gasteiger partial charge >= 0.3 is 0 Å². The Balaban J connectivity index is 2.10. The second-order valence-electron chi connectivity index (χ2n) is 5.22. The fourth-order valence-corrected chi connectivity index (χ4v) is 2.30. The standard InChI is InChI=1S/C17H20FNO/c1-11-4-6-14(7-5-11)12(2)19-13(3)16-9-8-15(18)10-17(16)20/h4-10,12-13,19-20H,1-3H3/t12-,13?/m1/s1. The van der Waals surface area contributed by atoms with Gasteiger partial charge in [-0.1, -0.05) is 35.9 Å². The van der Waals surface area contributed by atoms with E-state index in [0.717, 1.165) is 6.07 Å². The molecule has 0 aliphatic heterocycles. The van der Waals surface area contributed by atoms with Crippen LogP contribution in [0.15, 0.2) is 42.5 Å². The summed E-state index contributed by atoms with van der Waals surface area (Å²) in [6, 6.07) is 12.5. The molecular formula is C17H20FNO. The maximum absolute atomic E-state index is 13.0. The zero-order valence-corrected chi connectivity index (χ0v) is 12.0. The Morgan fingerprint density at radius 2 is 1.65 bits per heavy atom. The van der Waals surface area contributed by atoms with Crippen molar-refractivity contribution in [3.63, 3.8) is 0 Å². The van der Waals surface area contributed by atoms with Gasteiger partial charge in [0, 0.05) is 23.7 Å². The quantitative estimate of drug-likeness (QED) is 0.872. The van der Waals surface area contributed by atoms with Gasteiger partial charge in [0.05, 0.1) is 0 Å². The minimum atomic E-state index is -0.426. The monoisotopic (exact) mass is 273 g/mol. The molecule has 2 atom stereocenters. The van der Waals surface area contributed by atoms with Gasteiger partial charge in [-0.3, -0.25) is 0 Å². The highest BCUT2D eigenvalue weighted by atomic mass is 19.1. The van der Waals surface area contributed by atoms with Crippen LogP contribution in [0.2, 0.25) is 0 Å². The van der Waals surface area contributed by atoms with E-state index >= 15 is 0 Å². The van der Waals surface area contributed by atoms with Crippen LogP contribution >= 0.6 is 0 Å². The molecule has 20 heavy (non-hydrogen) atoms. The van der Waals surface area contributed by atoms with Crippen molar-refractivity contribution in [2.24, 2.45) is 0 Å². The molecule has 0 fully saturated rings. The van der Waals surface area contributed by atoms with Crippen molar-refractivity contribution in [3.05, 3.63) is 65.0 Å². The van der Waals surface area contributed by atoms with Crippen molar-refractivity contribution in [2.45, 2.75) is 32.9 Å². The summed E-state index contributed by atoms with van der Waals surface area (Å²) in [5.41, 5.74) is 3.11. The predicted molar refractivity (Wildman–Crippen MR) is 79.2 cm³/mol. The van der Waals surface area contributed by atoms with Crippen LogP contribution in [0, 0.1) is 12.7 Å². The maximum atomic E-state index is 13.0. The highest BCUT2D eigenvalue weighted by Crippen LogP contribution is 2.27. The first-order chi connectivity index (χ1) is 9.47. The third kappa shape index (κ3) is 3.36. The Labute approximate surface area is 119 Å². The van der Waals surface area contributed by atoms with E-state index < -0.39 is 5.82 Å². The van der Waals surface area contributed by atoms with E-state index in [2.05, 4.69) is 43.4 Å². The molecule has 106 valence electrons. The lowest BCUT2D eigenvalue weighted by Crippen LogP contribution is -2.22. The van der Waals surface area contributed by atoms with Gasteiger partial charge in [0.25, 0.3) is 0 Å². The van der Waals surface area contributed by atoms with Gasteiger partial charge in [-0.15, -0.1) is 0 Å². The van der Waals surface area contributed by atoms with Crippen molar-refractivity contribution < 1.29 is 9.50 Å². The summed E-state index contributed by atoms with van der Waals surface area (Å²) >= 11 is 0. The molecule has 3 heteroatoms. The van der Waals surface area contributed by atoms with Crippen LogP contribution in [0.5, 0.6) is 5.75 Å². The first-order valence-corrected chi connectivity index (χ1v) is 6.78. The van der Waals surface area contributed by atoms with E-state index in [1.807, 2.05) is 6.92 Å². The Morgan fingerprint density at radius 3 is 2.25 bits per heavy atom. The minimum absolute atomic E-state index is 0.0129. The predicted octanol–water partition coefficient (Wildman–Crippen LogP) is 4.25. The van der Waals surface area contributed by atoms with Crippen LogP contribution in [0.1, 0.15) is 42.6 Å². The van der Waals surface area contributed by atoms with Gasteiger partial charge in [-0.25, -0.2) is 4.39 Å². The van der Waals surface area contributed by atoms with Crippen LogP contribution in [0.25, 0.3) is 0 Å². The molecule has 0 saturated carbocycles. The van der Waals surface area contributed by atoms with E-state index in [0.29, 0.717) is 5.56 Å². The summed E-state index contributed by atoms with van der Waals surface area (Å²) in [6.07, 6.45) is 0. The molecule has 2 aromatic rings. The minimum Gasteiger partial charge on any atom is -0.508 e.